The minimum Gasteiger partial charge on any atom is -0.397 e. The van der Waals surface area contributed by atoms with Crippen molar-refractivity contribution in [2.45, 2.75) is 63.9 Å². The maximum absolute atomic E-state index is 6.10. The molecule has 2 N–H and O–H groups in total. The second-order valence-corrected chi connectivity index (χ2v) is 7.44. The van der Waals surface area contributed by atoms with Crippen LogP contribution in [0.15, 0.2) is 29.3 Å². The number of hydrogen-bond acceptors (Lipinski definition) is 7. The van der Waals surface area contributed by atoms with E-state index < -0.39 is 30.1 Å². The van der Waals surface area contributed by atoms with Gasteiger partial charge in [-0.2, -0.15) is 0 Å². The minimum absolute atomic E-state index is 0.278. The number of aliphatic imine (C=N–C) groups is 1. The predicted molar refractivity (Wildman–Crippen MR) is 91.6 cm³/mol. The van der Waals surface area contributed by atoms with E-state index in [0.717, 1.165) is 5.71 Å². The molecule has 3 saturated heterocycles. The molecule has 7 nitrogen and oxygen atoms in total. The highest BCUT2D eigenvalue weighted by atomic mass is 16.8. The molecule has 0 aliphatic carbocycles. The van der Waals surface area contributed by atoms with E-state index in [2.05, 4.69) is 0 Å². The summed E-state index contributed by atoms with van der Waals surface area (Å²) in [7, 11) is 0. The lowest BCUT2D eigenvalue weighted by molar-refractivity contribution is -0.211. The lowest BCUT2D eigenvalue weighted by Gasteiger charge is -2.24. The Morgan fingerprint density at radius 1 is 1.00 bits per heavy atom. The van der Waals surface area contributed by atoms with Crippen LogP contribution in [0.2, 0.25) is 0 Å². The number of rotatable bonds is 2. The molecule has 3 heterocycles. The quantitative estimate of drug-likeness (QED) is 0.826. The van der Waals surface area contributed by atoms with Gasteiger partial charge in [0.05, 0.1) is 23.7 Å². The van der Waals surface area contributed by atoms with Crippen molar-refractivity contribution < 1.29 is 23.7 Å². The summed E-state index contributed by atoms with van der Waals surface area (Å²) in [4.78, 5) is 4.77. The lowest BCUT2D eigenvalue weighted by atomic mass is 10.1. The van der Waals surface area contributed by atoms with E-state index in [9.17, 15) is 0 Å². The number of ether oxygens (including phenoxy) is 5. The molecule has 7 heteroatoms. The number of benzene rings is 1. The number of anilines is 1. The van der Waals surface area contributed by atoms with E-state index in [4.69, 9.17) is 34.4 Å². The van der Waals surface area contributed by atoms with Gasteiger partial charge in [0, 0.05) is 0 Å². The Hall–Kier alpha value is -1.51. The van der Waals surface area contributed by atoms with Crippen molar-refractivity contribution in [2.24, 2.45) is 4.99 Å². The predicted octanol–water partition coefficient (Wildman–Crippen LogP) is 2.37. The summed E-state index contributed by atoms with van der Waals surface area (Å²) >= 11 is 0. The molecule has 136 valence electrons. The van der Waals surface area contributed by atoms with Crippen LogP contribution < -0.4 is 5.73 Å². The maximum Gasteiger partial charge on any atom is 0.193 e. The number of fused-ring (bicyclic) bond motifs is 1. The maximum atomic E-state index is 6.10. The Morgan fingerprint density at radius 2 is 1.76 bits per heavy atom. The van der Waals surface area contributed by atoms with Crippen LogP contribution in [-0.2, 0) is 23.7 Å². The Labute approximate surface area is 147 Å². The van der Waals surface area contributed by atoms with Gasteiger partial charge in [0.1, 0.15) is 12.2 Å². The molecule has 0 saturated carbocycles. The Balaban J connectivity index is 1.68. The van der Waals surface area contributed by atoms with E-state index >= 15 is 0 Å². The zero-order valence-electron chi connectivity index (χ0n) is 14.9. The average Bonchev–Trinajstić information content (AvgIpc) is 3.12. The fraction of sp³-hybridized carbons (Fsp3) is 0.611. The number of para-hydroxylation sites is 2. The van der Waals surface area contributed by atoms with Gasteiger partial charge in [0.15, 0.2) is 24.0 Å². The third kappa shape index (κ3) is 3.18. The van der Waals surface area contributed by atoms with Crippen LogP contribution in [0, 0.1) is 0 Å². The first-order valence-electron chi connectivity index (χ1n) is 8.50. The molecule has 0 radical (unpaired) electrons. The number of nitrogens with zero attached hydrogens (tertiary/aromatic N) is 1. The summed E-state index contributed by atoms with van der Waals surface area (Å²) in [5, 5.41) is 0. The van der Waals surface area contributed by atoms with Crippen LogP contribution in [-0.4, -0.2) is 48.5 Å². The van der Waals surface area contributed by atoms with Gasteiger partial charge in [-0.3, -0.25) is 0 Å². The Bertz CT molecular complexity index is 702. The Morgan fingerprint density at radius 3 is 2.44 bits per heavy atom. The Kier molecular flexibility index (Phi) is 3.90. The standard InChI is InChI=1S/C18H24N2O5/c1-17(2)21-9-12(23-17)14-13(20-11-8-6-5-7-10(11)19)15-16(22-14)25-18(3,4)24-15/h5-8,12,14-16H,9,19H2,1-4H3/t12-,14-,15-,16-/m1/s1. The smallest absolute Gasteiger partial charge is 0.193 e. The molecule has 0 bridgehead atoms. The van der Waals surface area contributed by atoms with Crippen LogP contribution in [0.25, 0.3) is 0 Å². The van der Waals surface area contributed by atoms with Gasteiger partial charge in [0.25, 0.3) is 0 Å². The fourth-order valence-electron chi connectivity index (χ4n) is 3.40. The van der Waals surface area contributed by atoms with E-state index in [-0.39, 0.29) is 6.10 Å². The first kappa shape index (κ1) is 16.9. The molecule has 0 amide bonds. The molecular weight excluding hydrogens is 324 g/mol. The van der Waals surface area contributed by atoms with Gasteiger partial charge in [-0.1, -0.05) is 12.1 Å². The van der Waals surface area contributed by atoms with E-state index in [0.29, 0.717) is 18.0 Å². The van der Waals surface area contributed by atoms with Crippen molar-refractivity contribution in [3.8, 4) is 0 Å². The summed E-state index contributed by atoms with van der Waals surface area (Å²) < 4.78 is 29.6. The topological polar surface area (TPSA) is 84.5 Å². The van der Waals surface area contributed by atoms with Gasteiger partial charge in [-0.15, -0.1) is 0 Å². The summed E-state index contributed by atoms with van der Waals surface area (Å²) in [6.45, 7) is 7.90. The van der Waals surface area contributed by atoms with Crippen LogP contribution in [0.5, 0.6) is 0 Å². The number of hydrogen-bond donors (Lipinski definition) is 1. The van der Waals surface area contributed by atoms with Crippen molar-refractivity contribution in [3.63, 3.8) is 0 Å². The summed E-state index contributed by atoms with van der Waals surface area (Å²) in [6, 6.07) is 7.45. The summed E-state index contributed by atoms with van der Waals surface area (Å²) in [5.74, 6) is -1.38. The zero-order valence-corrected chi connectivity index (χ0v) is 14.9. The fourth-order valence-corrected chi connectivity index (χ4v) is 3.40. The van der Waals surface area contributed by atoms with Crippen molar-refractivity contribution in [3.05, 3.63) is 24.3 Å². The van der Waals surface area contributed by atoms with Crippen molar-refractivity contribution in [1.29, 1.82) is 0 Å². The van der Waals surface area contributed by atoms with Gasteiger partial charge < -0.3 is 29.4 Å². The molecule has 3 aliphatic heterocycles. The number of nitrogen functional groups attached to an aromatic ring is 1. The van der Waals surface area contributed by atoms with Crippen LogP contribution in [0.1, 0.15) is 27.7 Å². The van der Waals surface area contributed by atoms with Gasteiger partial charge in [0.2, 0.25) is 0 Å². The zero-order chi connectivity index (χ0) is 17.8. The summed E-state index contributed by atoms with van der Waals surface area (Å²) in [5.41, 5.74) is 8.05. The highest BCUT2D eigenvalue weighted by Crippen LogP contribution is 2.40. The molecule has 0 aromatic heterocycles. The average molecular weight is 348 g/mol. The molecule has 3 fully saturated rings. The third-order valence-electron chi connectivity index (χ3n) is 4.48. The molecule has 0 spiro atoms. The molecule has 3 aliphatic rings. The second-order valence-electron chi connectivity index (χ2n) is 7.44. The van der Waals surface area contributed by atoms with E-state index in [1.165, 1.54) is 0 Å². The first-order chi connectivity index (χ1) is 11.7. The minimum atomic E-state index is -0.727. The monoisotopic (exact) mass is 348 g/mol. The largest absolute Gasteiger partial charge is 0.397 e. The summed E-state index contributed by atoms with van der Waals surface area (Å²) in [6.07, 6.45) is -1.60. The van der Waals surface area contributed by atoms with E-state index in [1.54, 1.807) is 0 Å². The highest BCUT2D eigenvalue weighted by Gasteiger charge is 2.56. The van der Waals surface area contributed by atoms with Gasteiger partial charge in [-0.05, 0) is 39.8 Å². The molecular formula is C18H24N2O5. The third-order valence-corrected chi connectivity index (χ3v) is 4.48. The second kappa shape index (κ2) is 5.75. The lowest BCUT2D eigenvalue weighted by Crippen LogP contribution is -2.39. The van der Waals surface area contributed by atoms with Gasteiger partial charge >= 0.3 is 0 Å². The van der Waals surface area contributed by atoms with Gasteiger partial charge in [-0.25, -0.2) is 4.99 Å². The highest BCUT2D eigenvalue weighted by molar-refractivity contribution is 5.98. The van der Waals surface area contributed by atoms with Crippen LogP contribution in [0.4, 0.5) is 11.4 Å². The molecule has 1 aromatic carbocycles. The normalized spacial score (nSPS) is 37.5. The van der Waals surface area contributed by atoms with Crippen LogP contribution in [0.3, 0.4) is 0 Å². The van der Waals surface area contributed by atoms with Crippen LogP contribution >= 0.6 is 0 Å². The molecule has 4 atom stereocenters. The number of nitrogens with two attached hydrogens (primary N) is 1. The molecule has 0 unspecified atom stereocenters. The van der Waals surface area contributed by atoms with Crippen molar-refractivity contribution in [1.82, 2.24) is 0 Å². The van der Waals surface area contributed by atoms with E-state index in [1.807, 2.05) is 52.0 Å². The molecule has 25 heavy (non-hydrogen) atoms. The molecule has 1 aromatic rings. The SMILES string of the molecule is CC1(C)O[C@H]2O[C@H]([C@H]3COC(C)(C)O3)C(=Nc3ccccc3N)[C@H]2O1. The molecule has 4 rings (SSSR count). The van der Waals surface area contributed by atoms with Crippen molar-refractivity contribution in [2.75, 3.05) is 12.3 Å². The first-order valence-corrected chi connectivity index (χ1v) is 8.50. The van der Waals surface area contributed by atoms with Crippen molar-refractivity contribution >= 4 is 17.1 Å².